The third-order valence-corrected chi connectivity index (χ3v) is 34.0. The molecule has 9 saturated heterocycles. The zero-order chi connectivity index (χ0) is 92.0. The highest BCUT2D eigenvalue weighted by Crippen LogP contribution is 2.61. The first-order valence-corrected chi connectivity index (χ1v) is 56.0. The Labute approximate surface area is 768 Å². The normalized spacial score (nSPS) is 36.2. The summed E-state index contributed by atoms with van der Waals surface area (Å²) in [6.07, 6.45) is -9.14. The number of ether oxygens (including phenoxy) is 4. The SMILES string of the molecule is Nc1nc2c(ncn2[C@@H]2S[C@@H]3COP(O)(=S)O[C@H]4[C@H](F)[C@H](n5nnc6c(N)ccnc65)O[C@@H]4COP(O)(=S)O[C@@H]2C3)c(=O)[nH]1.Nc1nc2c(ncn2[C@@H]2S[C@@H]3COP(O)(=S)O[C@H]4[C@H](F)[C@H](n5nnc6c(N)ccnc65)O[C@@H]4COP(O)(=S)O[C@@H]2C3)c(=O)[nH]1.Nc1nc2c(nnn2[C@@H]2O[C@@H]3COP(O)(=S)O[C@H]4C[C@H](n5ccc6c(N)ccnc65)O[C@@H]4COP(O)(=S)O[C@@H]2C3)c(=O)[nH]1. The largest absolute Gasteiger partial charge is 0.398 e. The third kappa shape index (κ3) is 19.2. The highest BCUT2D eigenvalue weighted by atomic mass is 32.5. The number of alkyl halides is 2. The third-order valence-electron chi connectivity index (χ3n) is 21.5. The van der Waals surface area contributed by atoms with Gasteiger partial charge in [-0.25, -0.2) is 33.7 Å². The maximum Gasteiger partial charge on any atom is 0.325 e. The standard InChI is InChI=1S/C21H25N9O9P2S2.2C20H23FN10O8P2S3/c22-11-1-3-24-17-10(11)2-4-29(17)15-6-12-14(37-15)8-35-41(33,43)39-13-5-9(7-34-40(32,42)38-12)36-20(13)30-18-16(27-28-30)19(31)26-21(23)25-18;2*21-11-14-10(37-18(11)31-15-12(28-29-31)8(22)1-2-24-15)5-36-40(33,42)38-9-3-7(4-35-41(34,43)39-14)44-19(9)30-6-25-13-16(30)26-20(23)27-17(13)32/h1-4,9,12-15,20H,5-8H2,(H2,22,24)(H,32,42)(H,33,43)(H3,23,25,26,31);2*1-2,6-7,9-11,14,18-19H,3-5H2,(H2,22,24)(H,33,42)(H,34,43)(H3,23,26,27,32)/t9-,12-,13+,14+,15+,20+,40?,41?;2*7-,9+,10+,11-,14+,18+,19+,40?,41?/m000/s1. The summed E-state index contributed by atoms with van der Waals surface area (Å²) in [5, 5.41) is 22.4. The second-order valence-corrected chi connectivity index (χ2v) is 49.7. The van der Waals surface area contributed by atoms with Crippen LogP contribution in [0.3, 0.4) is 0 Å². The fourth-order valence-electron chi connectivity index (χ4n) is 15.8. The number of nitrogens with two attached hydrogens (primary N) is 6. The first-order chi connectivity index (χ1) is 62.2. The number of imidazole rings is 2. The van der Waals surface area contributed by atoms with Gasteiger partial charge in [-0.1, -0.05) is 15.6 Å². The summed E-state index contributed by atoms with van der Waals surface area (Å²) in [4.78, 5) is 144. The molecule has 6 bridgehead atoms. The van der Waals surface area contributed by atoms with E-state index >= 15 is 8.78 Å². The van der Waals surface area contributed by atoms with E-state index in [0.717, 1.165) is 14.7 Å². The van der Waals surface area contributed by atoms with Crippen molar-refractivity contribution in [3.8, 4) is 0 Å². The summed E-state index contributed by atoms with van der Waals surface area (Å²) in [5.41, 5.74) is 36.4. The molecule has 0 aromatic carbocycles. The molecule has 0 radical (unpaired) electrons. The number of halogens is 2. The number of nitrogens with one attached hydrogen (secondary N) is 3. The maximum atomic E-state index is 16.0. The Morgan fingerprint density at radius 2 is 0.802 bits per heavy atom. The molecule has 702 valence electrons. The van der Waals surface area contributed by atoms with Gasteiger partial charge in [-0.3, -0.25) is 47.5 Å². The van der Waals surface area contributed by atoms with Gasteiger partial charge in [0.1, 0.15) is 59.2 Å². The van der Waals surface area contributed by atoms with Gasteiger partial charge in [0.2, 0.25) is 17.8 Å². The van der Waals surface area contributed by atoms with Crippen LogP contribution in [0.15, 0.2) is 76.1 Å². The molecule has 70 heteroatoms. The van der Waals surface area contributed by atoms with Crippen LogP contribution in [0.25, 0.3) is 66.9 Å². The van der Waals surface area contributed by atoms with Crippen molar-refractivity contribution in [3.05, 3.63) is 92.8 Å². The van der Waals surface area contributed by atoms with Crippen LogP contribution in [-0.4, -0.2) is 266 Å². The van der Waals surface area contributed by atoms with Crippen molar-refractivity contribution in [3.63, 3.8) is 0 Å². The summed E-state index contributed by atoms with van der Waals surface area (Å²) < 4.78 is 133. The number of thioether (sulfide) groups is 2. The molecule has 26 atom stereocenters. The fraction of sp³-hybridized carbons (Fsp3) is 0.492. The summed E-state index contributed by atoms with van der Waals surface area (Å²) in [5.74, 6) is -0.396. The Bertz CT molecular complexity index is 6710. The van der Waals surface area contributed by atoms with E-state index in [9.17, 15) is 43.7 Å². The van der Waals surface area contributed by atoms with Crippen molar-refractivity contribution >= 4 is 236 Å². The first-order valence-electron chi connectivity index (χ1n) is 38.6. The van der Waals surface area contributed by atoms with Gasteiger partial charge < -0.3 is 133 Å². The molecule has 9 fully saturated rings. The van der Waals surface area contributed by atoms with Crippen LogP contribution in [-0.2, 0) is 144 Å². The molecule has 9 aliphatic heterocycles. The molecule has 0 aliphatic carbocycles. The van der Waals surface area contributed by atoms with E-state index in [1.807, 2.05) is 6.07 Å². The van der Waals surface area contributed by atoms with Crippen LogP contribution < -0.4 is 51.1 Å². The minimum Gasteiger partial charge on any atom is -0.398 e. The first kappa shape index (κ1) is 93.2. The van der Waals surface area contributed by atoms with Gasteiger partial charge >= 0.3 is 40.3 Å². The van der Waals surface area contributed by atoms with E-state index < -0.39 is 190 Å². The van der Waals surface area contributed by atoms with Crippen molar-refractivity contribution in [2.24, 2.45) is 0 Å². The van der Waals surface area contributed by atoms with Gasteiger partial charge in [-0.15, -0.1) is 38.8 Å². The Morgan fingerprint density at radius 1 is 0.397 bits per heavy atom. The molecule has 0 amide bonds. The second-order valence-electron chi connectivity index (χ2n) is 30.1. The van der Waals surface area contributed by atoms with Gasteiger partial charge in [0.25, 0.3) is 16.7 Å². The highest BCUT2D eigenvalue weighted by Gasteiger charge is 2.56. The van der Waals surface area contributed by atoms with E-state index in [2.05, 4.69) is 85.8 Å². The number of H-pyrrole nitrogens is 3. The molecular weight excluding hydrogens is 2020 g/mol. The summed E-state index contributed by atoms with van der Waals surface area (Å²) in [6, 6.07) is 6.54. The molecule has 6 unspecified atom stereocenters. The lowest BCUT2D eigenvalue weighted by Gasteiger charge is -2.27. The van der Waals surface area contributed by atoms with Crippen molar-refractivity contribution in [2.75, 3.05) is 74.0 Å². The summed E-state index contributed by atoms with van der Waals surface area (Å²) >= 11 is 34.4. The average molecular weight is 2090 g/mol. The number of nitrogens with zero attached hydrogens (tertiary/aromatic N) is 20. The number of nitrogen functional groups attached to an aromatic ring is 6. The van der Waals surface area contributed by atoms with Gasteiger partial charge in [-0.2, -0.15) is 29.0 Å². The number of rotatable bonds is 6. The minimum atomic E-state index is -4.07. The minimum absolute atomic E-state index is 0.0207. The molecule has 9 aliphatic rings. The Kier molecular flexibility index (Phi) is 25.8. The topological polar surface area (TPSA) is 734 Å². The monoisotopic (exact) mass is 2090 g/mol. The van der Waals surface area contributed by atoms with Crippen molar-refractivity contribution < 1.29 is 111 Å². The van der Waals surface area contributed by atoms with Crippen molar-refractivity contribution in [1.82, 2.24) is 114 Å². The number of hydrogen-bond donors (Lipinski definition) is 15. The van der Waals surface area contributed by atoms with Crippen LogP contribution in [0.4, 0.5) is 43.7 Å². The molecule has 21 rings (SSSR count). The number of fused-ring (bicyclic) bond motifs is 15. The quantitative estimate of drug-likeness (QED) is 0.106. The van der Waals surface area contributed by atoms with Gasteiger partial charge in [0.15, 0.2) is 86.8 Å². The molecule has 21 heterocycles. The molecule has 131 heavy (non-hydrogen) atoms. The molecule has 12 aromatic rings. The molecule has 0 spiro atoms. The van der Waals surface area contributed by atoms with Gasteiger partial charge in [0, 0.05) is 59.2 Å². The van der Waals surface area contributed by atoms with E-state index in [-0.39, 0.29) is 137 Å². The van der Waals surface area contributed by atoms with E-state index in [1.54, 1.807) is 32.2 Å². The fourth-order valence-corrected chi connectivity index (χ4v) is 27.9. The van der Waals surface area contributed by atoms with E-state index in [4.69, 9.17) is 178 Å². The van der Waals surface area contributed by atoms with Crippen LogP contribution in [0.2, 0.25) is 0 Å². The lowest BCUT2D eigenvalue weighted by atomic mass is 10.1. The van der Waals surface area contributed by atoms with Crippen molar-refractivity contribution in [1.29, 1.82) is 0 Å². The van der Waals surface area contributed by atoms with Gasteiger partial charge in [0.05, 0.1) is 88.1 Å². The zero-order valence-corrected chi connectivity index (χ0v) is 77.8. The lowest BCUT2D eigenvalue weighted by molar-refractivity contribution is -0.0635. The molecule has 54 nitrogen and oxygen atoms in total. The number of hydrogen-bond acceptors (Lipinski definition) is 47. The predicted octanol–water partition coefficient (Wildman–Crippen LogP) is 1.78. The lowest BCUT2D eigenvalue weighted by Crippen LogP contribution is -2.34. The molecule has 12 aromatic heterocycles. The average Bonchev–Trinajstić information content (AvgIpc) is 1.63. The molecule has 21 N–H and O–H groups in total. The smallest absolute Gasteiger partial charge is 0.325 e. The number of pyridine rings is 3. The van der Waals surface area contributed by atoms with Crippen LogP contribution >= 0.6 is 63.8 Å². The Hall–Kier alpha value is -6.85. The van der Waals surface area contributed by atoms with E-state index in [1.165, 1.54) is 65.4 Å². The molecular formula is C61H71F2N29O25P6S8. The number of aromatic nitrogens is 23. The van der Waals surface area contributed by atoms with Crippen molar-refractivity contribution in [2.45, 2.75) is 145 Å². The Balaban J connectivity index is 0.000000127. The maximum absolute atomic E-state index is 16.0. The predicted molar refractivity (Wildman–Crippen MR) is 478 cm³/mol. The second kappa shape index (κ2) is 36.2. The summed E-state index contributed by atoms with van der Waals surface area (Å²) in [6.45, 7) is -25.7. The number of aromatic amines is 3. The molecule has 0 saturated carbocycles. The Morgan fingerprint density at radius 3 is 1.30 bits per heavy atom. The summed E-state index contributed by atoms with van der Waals surface area (Å²) in [7, 11) is 0. The van der Waals surface area contributed by atoms with Crippen LogP contribution in [0, 0.1) is 0 Å². The van der Waals surface area contributed by atoms with Gasteiger partial charge in [-0.05, 0) is 108 Å². The van der Waals surface area contributed by atoms with Crippen LogP contribution in [0.5, 0.6) is 0 Å². The zero-order valence-electron chi connectivity index (χ0n) is 65.9. The van der Waals surface area contributed by atoms with E-state index in [0.29, 0.717) is 11.3 Å². The number of anilines is 6. The van der Waals surface area contributed by atoms with Crippen LogP contribution in [0.1, 0.15) is 61.3 Å². The highest BCUT2D eigenvalue weighted by molar-refractivity contribution is 8.09.